The van der Waals surface area contributed by atoms with Crippen molar-refractivity contribution in [3.63, 3.8) is 0 Å². The van der Waals surface area contributed by atoms with Gasteiger partial charge in [0.05, 0.1) is 12.0 Å². The maximum absolute atomic E-state index is 12.5. The van der Waals surface area contributed by atoms with Crippen molar-refractivity contribution >= 4 is 11.6 Å². The van der Waals surface area contributed by atoms with E-state index >= 15 is 0 Å². The first-order valence-electron chi connectivity index (χ1n) is 8.02. The lowest BCUT2D eigenvalue weighted by Crippen LogP contribution is -2.60. The summed E-state index contributed by atoms with van der Waals surface area (Å²) in [5.74, 6) is 1.10. The summed E-state index contributed by atoms with van der Waals surface area (Å²) in [5, 5.41) is 6.73. The average Bonchev–Trinajstić information content (AvgIpc) is 3.14. The van der Waals surface area contributed by atoms with E-state index in [1.165, 1.54) is 6.42 Å². The molecule has 2 heterocycles. The predicted molar refractivity (Wildman–Crippen MR) is 83.1 cm³/mol. The summed E-state index contributed by atoms with van der Waals surface area (Å²) in [6, 6.07) is 3.73. The fourth-order valence-electron chi connectivity index (χ4n) is 5.58. The quantitative estimate of drug-likeness (QED) is 0.871. The van der Waals surface area contributed by atoms with Crippen molar-refractivity contribution in [1.82, 2.24) is 5.01 Å². The number of piperidine rings is 1. The molecule has 4 bridgehead atoms. The maximum atomic E-state index is 12.5. The molecule has 0 radical (unpaired) electrons. The molecule has 1 aromatic heterocycles. The first-order valence-corrected chi connectivity index (χ1v) is 8.02. The van der Waals surface area contributed by atoms with Crippen LogP contribution in [0.4, 0.5) is 0 Å². The summed E-state index contributed by atoms with van der Waals surface area (Å²) < 4.78 is 5.42. The van der Waals surface area contributed by atoms with Crippen molar-refractivity contribution in [2.24, 2.45) is 27.6 Å². The molecule has 3 aliphatic rings. The number of nitrogens with two attached hydrogens (primary N) is 1. The van der Waals surface area contributed by atoms with E-state index in [0.29, 0.717) is 5.92 Å². The summed E-state index contributed by atoms with van der Waals surface area (Å²) in [5.41, 5.74) is 6.10. The van der Waals surface area contributed by atoms with Crippen molar-refractivity contribution in [3.8, 4) is 0 Å². The second kappa shape index (κ2) is 3.94. The molecule has 0 aromatic carbocycles. The first-order chi connectivity index (χ1) is 10.3. The molecule has 5 nitrogen and oxygen atoms in total. The fourth-order valence-corrected chi connectivity index (χ4v) is 5.58. The number of rotatable bonds is 3. The molecule has 1 aromatic rings. The Morgan fingerprint density at radius 2 is 2.27 bits per heavy atom. The molecule has 2 saturated carbocycles. The zero-order valence-electron chi connectivity index (χ0n) is 13.4. The Morgan fingerprint density at radius 1 is 1.50 bits per heavy atom. The van der Waals surface area contributed by atoms with Gasteiger partial charge < -0.3 is 10.2 Å². The van der Waals surface area contributed by atoms with Gasteiger partial charge in [0.15, 0.2) is 0 Å². The molecule has 22 heavy (non-hydrogen) atoms. The highest BCUT2D eigenvalue weighted by Gasteiger charge is 2.80. The summed E-state index contributed by atoms with van der Waals surface area (Å²) in [6.07, 6.45) is 4.74. The molecular weight excluding hydrogens is 278 g/mol. The molecule has 0 spiro atoms. The van der Waals surface area contributed by atoms with E-state index in [-0.39, 0.29) is 16.7 Å². The number of hydrogen-bond donors (Lipinski definition) is 1. The van der Waals surface area contributed by atoms with Crippen LogP contribution in [0.3, 0.4) is 0 Å². The van der Waals surface area contributed by atoms with Crippen LogP contribution in [0.5, 0.6) is 0 Å². The van der Waals surface area contributed by atoms with E-state index in [1.54, 1.807) is 6.26 Å². The number of amides is 1. The van der Waals surface area contributed by atoms with Gasteiger partial charge in [-0.25, -0.2) is 0 Å². The normalized spacial score (nSPS) is 43.1. The molecule has 2 N–H and O–H groups in total. The summed E-state index contributed by atoms with van der Waals surface area (Å²) in [4.78, 5) is 12.5. The molecule has 3 fully saturated rings. The van der Waals surface area contributed by atoms with E-state index in [0.717, 1.165) is 30.9 Å². The van der Waals surface area contributed by atoms with Gasteiger partial charge in [-0.05, 0) is 49.7 Å². The van der Waals surface area contributed by atoms with Crippen LogP contribution >= 0.6 is 0 Å². The van der Waals surface area contributed by atoms with Gasteiger partial charge in [0.2, 0.25) is 5.91 Å². The fraction of sp³-hybridized carbons (Fsp3) is 0.647. The number of hydrogen-bond acceptors (Lipinski definition) is 4. The number of carbonyl (C=O) groups excluding carboxylic acids is 1. The third-order valence-electron chi connectivity index (χ3n) is 7.08. The predicted octanol–water partition coefficient (Wildman–Crippen LogP) is 2.37. The van der Waals surface area contributed by atoms with E-state index in [2.05, 4.69) is 13.8 Å². The smallest absolute Gasteiger partial charge is 0.245 e. The number of furan rings is 1. The lowest BCUT2D eigenvalue weighted by atomic mass is 9.65. The highest BCUT2D eigenvalue weighted by molar-refractivity contribution is 5.96. The Morgan fingerprint density at radius 3 is 2.86 bits per heavy atom. The van der Waals surface area contributed by atoms with Crippen LogP contribution in [-0.2, 0) is 4.79 Å². The Balaban J connectivity index is 1.80. The second-order valence-electron chi connectivity index (χ2n) is 7.63. The van der Waals surface area contributed by atoms with Crippen molar-refractivity contribution in [3.05, 3.63) is 24.2 Å². The standard InChI is InChI=1S/C17H23N3O2/c1-11(13-5-4-8-22-13)19-20-10-15(2)12-6-7-16(15,3)17(20,9-12)14(18)21/h4-5,8,12H,6-7,9-10H2,1-3H3,(H2,18,21)/b19-11+. The summed E-state index contributed by atoms with van der Waals surface area (Å²) in [7, 11) is 0. The average molecular weight is 301 g/mol. The van der Waals surface area contributed by atoms with Crippen molar-refractivity contribution in [2.45, 2.75) is 45.6 Å². The lowest BCUT2D eigenvalue weighted by molar-refractivity contribution is -0.135. The van der Waals surface area contributed by atoms with E-state index < -0.39 is 5.54 Å². The van der Waals surface area contributed by atoms with E-state index in [4.69, 9.17) is 15.3 Å². The SMILES string of the molecule is C/C(=N\N1CC2(C)C3CCC2(C)C1(C(N)=O)C3)c1ccco1. The van der Waals surface area contributed by atoms with Crippen LogP contribution in [0.1, 0.15) is 45.8 Å². The molecule has 118 valence electrons. The number of hydrazone groups is 1. The van der Waals surface area contributed by atoms with Gasteiger partial charge in [0.25, 0.3) is 0 Å². The van der Waals surface area contributed by atoms with Crippen LogP contribution in [0.25, 0.3) is 0 Å². The second-order valence-corrected chi connectivity index (χ2v) is 7.63. The molecule has 5 heteroatoms. The molecule has 4 unspecified atom stereocenters. The maximum Gasteiger partial charge on any atom is 0.245 e. The van der Waals surface area contributed by atoms with Crippen LogP contribution in [0.15, 0.2) is 27.9 Å². The summed E-state index contributed by atoms with van der Waals surface area (Å²) >= 11 is 0. The Hall–Kier alpha value is -1.78. The minimum atomic E-state index is -0.640. The van der Waals surface area contributed by atoms with Crippen LogP contribution < -0.4 is 5.73 Å². The Kier molecular flexibility index (Phi) is 2.48. The van der Waals surface area contributed by atoms with Crippen LogP contribution in [0.2, 0.25) is 0 Å². The van der Waals surface area contributed by atoms with E-state index in [1.807, 2.05) is 24.1 Å². The molecule has 4 atom stereocenters. The number of nitrogens with zero attached hydrogens (tertiary/aromatic N) is 2. The van der Waals surface area contributed by atoms with Crippen molar-refractivity contribution in [2.75, 3.05) is 6.54 Å². The molecule has 1 saturated heterocycles. The van der Waals surface area contributed by atoms with Gasteiger partial charge >= 0.3 is 0 Å². The topological polar surface area (TPSA) is 71.8 Å². The zero-order valence-corrected chi connectivity index (χ0v) is 13.4. The minimum Gasteiger partial charge on any atom is -0.463 e. The largest absolute Gasteiger partial charge is 0.463 e. The van der Waals surface area contributed by atoms with Crippen LogP contribution in [0, 0.1) is 16.7 Å². The third kappa shape index (κ3) is 1.27. The van der Waals surface area contributed by atoms with Crippen molar-refractivity contribution < 1.29 is 9.21 Å². The van der Waals surface area contributed by atoms with Gasteiger partial charge in [-0.3, -0.25) is 9.80 Å². The van der Waals surface area contributed by atoms with Gasteiger partial charge in [-0.2, -0.15) is 5.10 Å². The Labute approximate surface area is 130 Å². The Bertz CT molecular complexity index is 667. The summed E-state index contributed by atoms with van der Waals surface area (Å²) in [6.45, 7) is 7.27. The third-order valence-corrected chi connectivity index (χ3v) is 7.08. The molecular formula is C17H23N3O2. The lowest BCUT2D eigenvalue weighted by Gasteiger charge is -2.44. The number of primary amides is 1. The molecule has 4 rings (SSSR count). The van der Waals surface area contributed by atoms with Gasteiger partial charge in [0, 0.05) is 12.0 Å². The van der Waals surface area contributed by atoms with Gasteiger partial charge in [-0.15, -0.1) is 0 Å². The first kappa shape index (κ1) is 13.9. The highest BCUT2D eigenvalue weighted by atomic mass is 16.3. The highest BCUT2D eigenvalue weighted by Crippen LogP contribution is 2.75. The van der Waals surface area contributed by atoms with E-state index in [9.17, 15) is 4.79 Å². The zero-order chi connectivity index (χ0) is 15.8. The monoisotopic (exact) mass is 301 g/mol. The van der Waals surface area contributed by atoms with Gasteiger partial charge in [-0.1, -0.05) is 13.8 Å². The molecule has 1 aliphatic heterocycles. The molecule has 2 aliphatic carbocycles. The van der Waals surface area contributed by atoms with Gasteiger partial charge in [0.1, 0.15) is 11.3 Å². The molecule has 1 amide bonds. The van der Waals surface area contributed by atoms with Crippen LogP contribution in [-0.4, -0.2) is 28.7 Å². The number of carbonyl (C=O) groups is 1. The van der Waals surface area contributed by atoms with Crippen molar-refractivity contribution in [1.29, 1.82) is 0 Å². The minimum absolute atomic E-state index is 0.0799.